The molecule has 21 heavy (non-hydrogen) atoms. The number of non-ortho nitro benzene ring substituents is 1. The zero-order valence-corrected chi connectivity index (χ0v) is 12.5. The van der Waals surface area contributed by atoms with Crippen LogP contribution in [0.4, 0.5) is 5.69 Å². The first-order valence-electron chi connectivity index (χ1n) is 7.47. The zero-order valence-electron chi connectivity index (χ0n) is 12.5. The first-order chi connectivity index (χ1) is 10.2. The molecule has 1 aliphatic heterocycles. The van der Waals surface area contributed by atoms with Crippen molar-refractivity contribution in [3.63, 3.8) is 0 Å². The summed E-state index contributed by atoms with van der Waals surface area (Å²) in [5, 5.41) is 14.0. The molecular formula is C15H23N3O3. The molecule has 1 aliphatic rings. The van der Waals surface area contributed by atoms with Crippen molar-refractivity contribution in [1.29, 1.82) is 0 Å². The minimum Gasteiger partial charge on any atom is -0.374 e. The lowest BCUT2D eigenvalue weighted by atomic mass is 10.1. The molecule has 1 aromatic carbocycles. The summed E-state index contributed by atoms with van der Waals surface area (Å²) >= 11 is 0. The Labute approximate surface area is 125 Å². The van der Waals surface area contributed by atoms with E-state index in [-0.39, 0.29) is 16.7 Å². The molecule has 1 N–H and O–H groups in total. The van der Waals surface area contributed by atoms with E-state index in [0.717, 1.165) is 51.3 Å². The summed E-state index contributed by atoms with van der Waals surface area (Å²) in [7, 11) is 0. The highest BCUT2D eigenvalue weighted by Crippen LogP contribution is 2.12. The average Bonchev–Trinajstić information content (AvgIpc) is 2.52. The summed E-state index contributed by atoms with van der Waals surface area (Å²) in [5.41, 5.74) is 1.25. The lowest BCUT2D eigenvalue weighted by Gasteiger charge is -2.32. The molecule has 0 saturated carbocycles. The van der Waals surface area contributed by atoms with Crippen LogP contribution >= 0.6 is 0 Å². The topological polar surface area (TPSA) is 67.6 Å². The van der Waals surface area contributed by atoms with Crippen LogP contribution in [-0.2, 0) is 11.2 Å². The molecule has 0 bridgehead atoms. The van der Waals surface area contributed by atoms with Gasteiger partial charge in [0.2, 0.25) is 0 Å². The fraction of sp³-hybridized carbons (Fsp3) is 0.600. The SMILES string of the molecule is CCN1CCOC(CNCCc2ccc([N+](=O)[O-])cc2)C1. The molecule has 1 unspecified atom stereocenters. The van der Waals surface area contributed by atoms with Gasteiger partial charge in [-0.25, -0.2) is 0 Å². The van der Waals surface area contributed by atoms with Crippen molar-refractivity contribution in [1.82, 2.24) is 10.2 Å². The average molecular weight is 293 g/mol. The molecule has 1 saturated heterocycles. The van der Waals surface area contributed by atoms with E-state index in [1.54, 1.807) is 12.1 Å². The summed E-state index contributed by atoms with van der Waals surface area (Å²) in [6.07, 6.45) is 1.12. The number of hydrogen-bond donors (Lipinski definition) is 1. The van der Waals surface area contributed by atoms with Crippen molar-refractivity contribution in [2.45, 2.75) is 19.4 Å². The molecule has 2 rings (SSSR count). The van der Waals surface area contributed by atoms with E-state index in [0.29, 0.717) is 0 Å². The van der Waals surface area contributed by atoms with Crippen LogP contribution in [-0.4, -0.2) is 55.3 Å². The van der Waals surface area contributed by atoms with Gasteiger partial charge in [-0.2, -0.15) is 0 Å². The number of ether oxygens (including phenoxy) is 1. The van der Waals surface area contributed by atoms with Gasteiger partial charge in [-0.3, -0.25) is 15.0 Å². The standard InChI is InChI=1S/C15H23N3O3/c1-2-17-9-10-21-15(12-17)11-16-8-7-13-3-5-14(6-4-13)18(19)20/h3-6,15-16H,2,7-12H2,1H3. The number of benzene rings is 1. The van der Waals surface area contributed by atoms with Crippen molar-refractivity contribution >= 4 is 5.69 Å². The van der Waals surface area contributed by atoms with Gasteiger partial charge in [0, 0.05) is 31.8 Å². The van der Waals surface area contributed by atoms with E-state index >= 15 is 0 Å². The maximum absolute atomic E-state index is 10.6. The molecule has 1 heterocycles. The van der Waals surface area contributed by atoms with Gasteiger partial charge in [0.25, 0.3) is 5.69 Å². The highest BCUT2D eigenvalue weighted by molar-refractivity contribution is 5.32. The minimum atomic E-state index is -0.373. The Hall–Kier alpha value is -1.50. The molecule has 0 aromatic heterocycles. The van der Waals surface area contributed by atoms with Gasteiger partial charge in [-0.15, -0.1) is 0 Å². The van der Waals surface area contributed by atoms with E-state index in [2.05, 4.69) is 17.1 Å². The second-order valence-electron chi connectivity index (χ2n) is 5.26. The van der Waals surface area contributed by atoms with Crippen molar-refractivity contribution < 1.29 is 9.66 Å². The van der Waals surface area contributed by atoms with Crippen molar-refractivity contribution in [2.75, 3.05) is 39.3 Å². The Morgan fingerprint density at radius 2 is 2.19 bits per heavy atom. The van der Waals surface area contributed by atoms with E-state index in [9.17, 15) is 10.1 Å². The molecule has 1 aromatic rings. The summed E-state index contributed by atoms with van der Waals surface area (Å²) < 4.78 is 5.73. The number of likely N-dealkylation sites (N-methyl/N-ethyl adjacent to an activating group) is 1. The Kier molecular flexibility index (Phi) is 6.10. The van der Waals surface area contributed by atoms with Crippen LogP contribution in [0.2, 0.25) is 0 Å². The monoisotopic (exact) mass is 293 g/mol. The fourth-order valence-corrected chi connectivity index (χ4v) is 2.47. The van der Waals surface area contributed by atoms with Crippen LogP contribution < -0.4 is 5.32 Å². The number of nitro benzene ring substituents is 1. The number of nitrogens with one attached hydrogen (secondary N) is 1. The third kappa shape index (κ3) is 5.08. The minimum absolute atomic E-state index is 0.141. The fourth-order valence-electron chi connectivity index (χ4n) is 2.47. The Morgan fingerprint density at radius 1 is 1.43 bits per heavy atom. The first kappa shape index (κ1) is 15.9. The second-order valence-corrected chi connectivity index (χ2v) is 5.26. The molecule has 0 amide bonds. The highest BCUT2D eigenvalue weighted by Gasteiger charge is 2.18. The third-order valence-corrected chi connectivity index (χ3v) is 3.78. The molecule has 0 radical (unpaired) electrons. The molecule has 6 heteroatoms. The third-order valence-electron chi connectivity index (χ3n) is 3.78. The van der Waals surface area contributed by atoms with Gasteiger partial charge in [0.05, 0.1) is 17.6 Å². The number of nitrogens with zero attached hydrogens (tertiary/aromatic N) is 2. The maximum Gasteiger partial charge on any atom is 0.269 e. The number of rotatable bonds is 7. The van der Waals surface area contributed by atoms with E-state index in [1.807, 2.05) is 12.1 Å². The van der Waals surface area contributed by atoms with Crippen LogP contribution in [0.25, 0.3) is 0 Å². The van der Waals surface area contributed by atoms with Gasteiger partial charge in [-0.05, 0) is 25.1 Å². The largest absolute Gasteiger partial charge is 0.374 e. The highest BCUT2D eigenvalue weighted by atomic mass is 16.6. The van der Waals surface area contributed by atoms with Gasteiger partial charge < -0.3 is 10.1 Å². The predicted octanol–water partition coefficient (Wildman–Crippen LogP) is 1.45. The van der Waals surface area contributed by atoms with Crippen LogP contribution in [0.3, 0.4) is 0 Å². The Balaban J connectivity index is 1.66. The smallest absolute Gasteiger partial charge is 0.269 e. The quantitative estimate of drug-likeness (QED) is 0.468. The van der Waals surface area contributed by atoms with Gasteiger partial charge in [0.15, 0.2) is 0 Å². The molecule has 0 spiro atoms. The predicted molar refractivity (Wildman–Crippen MR) is 81.5 cm³/mol. The summed E-state index contributed by atoms with van der Waals surface area (Å²) in [5.74, 6) is 0. The van der Waals surface area contributed by atoms with Gasteiger partial charge >= 0.3 is 0 Å². The van der Waals surface area contributed by atoms with E-state index in [1.165, 1.54) is 0 Å². The lowest BCUT2D eigenvalue weighted by Crippen LogP contribution is -2.46. The summed E-state index contributed by atoms with van der Waals surface area (Å²) in [6, 6.07) is 6.74. The molecular weight excluding hydrogens is 270 g/mol. The Morgan fingerprint density at radius 3 is 2.86 bits per heavy atom. The molecule has 116 valence electrons. The van der Waals surface area contributed by atoms with Crippen LogP contribution in [0.1, 0.15) is 12.5 Å². The molecule has 0 aliphatic carbocycles. The van der Waals surface area contributed by atoms with Crippen molar-refractivity contribution in [3.05, 3.63) is 39.9 Å². The molecule has 1 atom stereocenters. The number of nitro groups is 1. The van der Waals surface area contributed by atoms with E-state index in [4.69, 9.17) is 4.74 Å². The zero-order chi connectivity index (χ0) is 15.1. The summed E-state index contributed by atoms with van der Waals surface area (Å²) in [4.78, 5) is 12.6. The summed E-state index contributed by atoms with van der Waals surface area (Å²) in [6.45, 7) is 7.76. The van der Waals surface area contributed by atoms with Crippen LogP contribution in [0, 0.1) is 10.1 Å². The number of morpholine rings is 1. The van der Waals surface area contributed by atoms with Crippen molar-refractivity contribution in [3.8, 4) is 0 Å². The maximum atomic E-state index is 10.6. The normalized spacial score (nSPS) is 19.6. The molecule has 6 nitrogen and oxygen atoms in total. The lowest BCUT2D eigenvalue weighted by molar-refractivity contribution is -0.384. The number of hydrogen-bond acceptors (Lipinski definition) is 5. The Bertz CT molecular complexity index is 450. The van der Waals surface area contributed by atoms with Crippen molar-refractivity contribution in [2.24, 2.45) is 0 Å². The van der Waals surface area contributed by atoms with E-state index < -0.39 is 0 Å². The molecule has 1 fully saturated rings. The first-order valence-corrected chi connectivity index (χ1v) is 7.47. The van der Waals surface area contributed by atoms with Gasteiger partial charge in [0.1, 0.15) is 0 Å². The second kappa shape index (κ2) is 8.07. The van der Waals surface area contributed by atoms with Crippen LogP contribution in [0.15, 0.2) is 24.3 Å². The van der Waals surface area contributed by atoms with Crippen LogP contribution in [0.5, 0.6) is 0 Å². The van der Waals surface area contributed by atoms with Gasteiger partial charge in [-0.1, -0.05) is 19.1 Å².